The minimum Gasteiger partial charge on any atom is -0.495 e. The molecule has 0 aliphatic carbocycles. The van der Waals surface area contributed by atoms with Gasteiger partial charge in [0, 0.05) is 18.2 Å². The second-order valence-electron chi connectivity index (χ2n) is 5.42. The van der Waals surface area contributed by atoms with E-state index in [4.69, 9.17) is 20.9 Å². The molecular formula is C16H17ClN2O3. The summed E-state index contributed by atoms with van der Waals surface area (Å²) in [5.41, 5.74) is 1.71. The average Bonchev–Trinajstić information content (AvgIpc) is 3.15. The minimum absolute atomic E-state index is 0.0480. The van der Waals surface area contributed by atoms with Gasteiger partial charge in [-0.15, -0.1) is 0 Å². The molecule has 5 nitrogen and oxygen atoms in total. The van der Waals surface area contributed by atoms with Crippen LogP contribution in [0.3, 0.4) is 0 Å². The zero-order chi connectivity index (χ0) is 15.7. The predicted octanol–water partition coefficient (Wildman–Crippen LogP) is 3.63. The van der Waals surface area contributed by atoms with Gasteiger partial charge >= 0.3 is 0 Å². The Hall–Kier alpha value is -2.01. The van der Waals surface area contributed by atoms with Crippen molar-refractivity contribution < 1.29 is 14.1 Å². The van der Waals surface area contributed by atoms with Crippen molar-refractivity contribution in [2.24, 2.45) is 0 Å². The molecule has 2 aromatic rings. The minimum atomic E-state index is -0.0480. The van der Waals surface area contributed by atoms with Gasteiger partial charge < -0.3 is 14.2 Å². The Kier molecular flexibility index (Phi) is 4.07. The summed E-state index contributed by atoms with van der Waals surface area (Å²) in [4.78, 5) is 14.6. The number of halogens is 1. The fraction of sp³-hybridized carbons (Fsp3) is 0.375. The molecule has 1 atom stereocenters. The largest absolute Gasteiger partial charge is 0.495 e. The Morgan fingerprint density at radius 2 is 2.32 bits per heavy atom. The van der Waals surface area contributed by atoms with Crippen LogP contribution in [-0.2, 0) is 0 Å². The normalized spacial score (nSPS) is 17.8. The zero-order valence-corrected chi connectivity index (χ0v) is 13.3. The maximum absolute atomic E-state index is 12.7. The SMILES string of the molecule is COc1ccc(-c2nocc2C(=O)N2CCCC2C)cc1Cl. The van der Waals surface area contributed by atoms with E-state index < -0.39 is 0 Å². The second-order valence-corrected chi connectivity index (χ2v) is 5.82. The standard InChI is InChI=1S/C16H17ClN2O3/c1-10-4-3-7-19(10)16(20)12-9-22-18-15(12)11-5-6-14(21-2)13(17)8-11/h5-6,8-10H,3-4,7H2,1-2H3. The summed E-state index contributed by atoms with van der Waals surface area (Å²) < 4.78 is 10.2. The van der Waals surface area contributed by atoms with Crippen LogP contribution in [0.1, 0.15) is 30.1 Å². The predicted molar refractivity (Wildman–Crippen MR) is 83.2 cm³/mol. The third-order valence-corrected chi connectivity index (χ3v) is 4.33. The molecule has 1 aliphatic rings. The van der Waals surface area contributed by atoms with Gasteiger partial charge in [0.05, 0.1) is 12.1 Å². The molecule has 2 heterocycles. The number of carbonyl (C=O) groups excluding carboxylic acids is 1. The van der Waals surface area contributed by atoms with Crippen molar-refractivity contribution in [3.63, 3.8) is 0 Å². The summed E-state index contributed by atoms with van der Waals surface area (Å²) in [6.45, 7) is 2.83. The molecule has 0 N–H and O–H groups in total. The van der Waals surface area contributed by atoms with Crippen LogP contribution >= 0.6 is 11.6 Å². The smallest absolute Gasteiger partial charge is 0.259 e. The van der Waals surface area contributed by atoms with E-state index in [-0.39, 0.29) is 11.9 Å². The van der Waals surface area contributed by atoms with Crippen molar-refractivity contribution in [2.45, 2.75) is 25.8 Å². The summed E-state index contributed by atoms with van der Waals surface area (Å²) >= 11 is 6.15. The molecule has 22 heavy (non-hydrogen) atoms. The van der Waals surface area contributed by atoms with Gasteiger partial charge in [-0.25, -0.2) is 0 Å². The number of likely N-dealkylation sites (tertiary alicyclic amines) is 1. The Labute approximate surface area is 133 Å². The maximum atomic E-state index is 12.7. The lowest BCUT2D eigenvalue weighted by atomic mass is 10.1. The highest BCUT2D eigenvalue weighted by Crippen LogP contribution is 2.32. The lowest BCUT2D eigenvalue weighted by molar-refractivity contribution is 0.0747. The van der Waals surface area contributed by atoms with E-state index >= 15 is 0 Å². The van der Waals surface area contributed by atoms with Crippen molar-refractivity contribution in [2.75, 3.05) is 13.7 Å². The third-order valence-electron chi connectivity index (χ3n) is 4.04. The average molecular weight is 321 g/mol. The summed E-state index contributed by atoms with van der Waals surface area (Å²) in [5.74, 6) is 0.531. The van der Waals surface area contributed by atoms with Crippen LogP contribution in [-0.4, -0.2) is 35.7 Å². The van der Waals surface area contributed by atoms with E-state index in [1.807, 2.05) is 11.0 Å². The molecule has 0 spiro atoms. The molecule has 1 aliphatic heterocycles. The number of nitrogens with zero attached hydrogens (tertiary/aromatic N) is 2. The molecule has 1 fully saturated rings. The van der Waals surface area contributed by atoms with E-state index in [9.17, 15) is 4.79 Å². The van der Waals surface area contributed by atoms with Crippen LogP contribution < -0.4 is 4.74 Å². The topological polar surface area (TPSA) is 55.6 Å². The van der Waals surface area contributed by atoms with Crippen molar-refractivity contribution in [3.8, 4) is 17.0 Å². The van der Waals surface area contributed by atoms with Gasteiger partial charge in [-0.1, -0.05) is 16.8 Å². The molecule has 0 saturated carbocycles. The molecule has 0 bridgehead atoms. The number of hydrogen-bond donors (Lipinski definition) is 0. The number of methoxy groups -OCH3 is 1. The fourth-order valence-corrected chi connectivity index (χ4v) is 3.06. The molecule has 6 heteroatoms. The van der Waals surface area contributed by atoms with Crippen molar-refractivity contribution in [3.05, 3.63) is 35.0 Å². The first kappa shape index (κ1) is 14.9. The van der Waals surface area contributed by atoms with Crippen LogP contribution in [0.5, 0.6) is 5.75 Å². The highest BCUT2D eigenvalue weighted by molar-refractivity contribution is 6.32. The number of hydrogen-bond acceptors (Lipinski definition) is 4. The number of amides is 1. The highest BCUT2D eigenvalue weighted by atomic mass is 35.5. The Morgan fingerprint density at radius 3 is 2.95 bits per heavy atom. The van der Waals surface area contributed by atoms with Gasteiger partial charge in [0.1, 0.15) is 23.3 Å². The maximum Gasteiger partial charge on any atom is 0.259 e. The molecular weight excluding hydrogens is 304 g/mol. The zero-order valence-electron chi connectivity index (χ0n) is 12.5. The van der Waals surface area contributed by atoms with Gasteiger partial charge in [-0.2, -0.15) is 0 Å². The molecule has 1 aromatic heterocycles. The van der Waals surface area contributed by atoms with Gasteiger partial charge in [-0.3, -0.25) is 4.79 Å². The van der Waals surface area contributed by atoms with Crippen LogP contribution in [0.2, 0.25) is 5.02 Å². The van der Waals surface area contributed by atoms with Crippen LogP contribution in [0, 0.1) is 0 Å². The number of rotatable bonds is 3. The summed E-state index contributed by atoms with van der Waals surface area (Å²) in [5, 5.41) is 4.45. The van der Waals surface area contributed by atoms with Gasteiger partial charge in [0.25, 0.3) is 5.91 Å². The number of benzene rings is 1. The number of aromatic nitrogens is 1. The van der Waals surface area contributed by atoms with E-state index in [1.165, 1.54) is 6.26 Å². The molecule has 1 amide bonds. The quantitative estimate of drug-likeness (QED) is 0.866. The highest BCUT2D eigenvalue weighted by Gasteiger charge is 2.29. The first-order chi connectivity index (χ1) is 10.6. The first-order valence-electron chi connectivity index (χ1n) is 7.21. The van der Waals surface area contributed by atoms with Crippen molar-refractivity contribution >= 4 is 17.5 Å². The van der Waals surface area contributed by atoms with E-state index in [0.717, 1.165) is 24.9 Å². The second kappa shape index (κ2) is 6.01. The monoisotopic (exact) mass is 320 g/mol. The molecule has 1 aromatic carbocycles. The fourth-order valence-electron chi connectivity index (χ4n) is 2.80. The summed E-state index contributed by atoms with van der Waals surface area (Å²) in [6.07, 6.45) is 3.46. The van der Waals surface area contributed by atoms with Crippen molar-refractivity contribution in [1.82, 2.24) is 10.1 Å². The Morgan fingerprint density at radius 1 is 1.50 bits per heavy atom. The van der Waals surface area contributed by atoms with Crippen molar-refractivity contribution in [1.29, 1.82) is 0 Å². The molecule has 1 saturated heterocycles. The Balaban J connectivity index is 1.95. The van der Waals surface area contributed by atoms with Gasteiger partial charge in [0.15, 0.2) is 0 Å². The first-order valence-corrected chi connectivity index (χ1v) is 7.59. The lowest BCUT2D eigenvalue weighted by Gasteiger charge is -2.20. The Bertz CT molecular complexity index is 698. The van der Waals surface area contributed by atoms with Gasteiger partial charge in [-0.05, 0) is 38.0 Å². The van der Waals surface area contributed by atoms with E-state index in [1.54, 1.807) is 19.2 Å². The molecule has 0 radical (unpaired) electrons. The van der Waals surface area contributed by atoms with E-state index in [0.29, 0.717) is 22.0 Å². The van der Waals surface area contributed by atoms with Gasteiger partial charge in [0.2, 0.25) is 0 Å². The number of carbonyl (C=O) groups is 1. The summed E-state index contributed by atoms with van der Waals surface area (Å²) in [7, 11) is 1.56. The van der Waals surface area contributed by atoms with Crippen LogP contribution in [0.15, 0.2) is 29.0 Å². The molecule has 3 rings (SSSR count). The number of ether oxygens (including phenoxy) is 1. The van der Waals surface area contributed by atoms with Crippen LogP contribution in [0.4, 0.5) is 0 Å². The lowest BCUT2D eigenvalue weighted by Crippen LogP contribution is -2.33. The summed E-state index contributed by atoms with van der Waals surface area (Å²) in [6, 6.07) is 5.53. The third kappa shape index (κ3) is 2.57. The van der Waals surface area contributed by atoms with Crippen LogP contribution in [0.25, 0.3) is 11.3 Å². The van der Waals surface area contributed by atoms with E-state index in [2.05, 4.69) is 12.1 Å². The molecule has 116 valence electrons. The molecule has 1 unspecified atom stereocenters.